The molecular weight excluding hydrogens is 286 g/mol. The summed E-state index contributed by atoms with van der Waals surface area (Å²) in [7, 11) is 0. The van der Waals surface area contributed by atoms with Gasteiger partial charge in [-0.2, -0.15) is 10.4 Å². The lowest BCUT2D eigenvalue weighted by molar-refractivity contribution is 0.805. The van der Waals surface area contributed by atoms with Crippen LogP contribution in [0.5, 0.6) is 0 Å². The Kier molecular flexibility index (Phi) is 4.07. The summed E-state index contributed by atoms with van der Waals surface area (Å²) in [4.78, 5) is 4.35. The van der Waals surface area contributed by atoms with Crippen LogP contribution in [0.3, 0.4) is 0 Å². The second-order valence-corrected chi connectivity index (χ2v) is 5.30. The van der Waals surface area contributed by atoms with Crippen molar-refractivity contribution in [2.45, 2.75) is 20.4 Å². The van der Waals surface area contributed by atoms with Crippen molar-refractivity contribution in [1.82, 2.24) is 14.8 Å². The quantitative estimate of drug-likeness (QED) is 0.802. The van der Waals surface area contributed by atoms with Gasteiger partial charge in [-0.05, 0) is 44.2 Å². The number of hydrogen-bond acceptors (Lipinski definition) is 4. The molecule has 3 aromatic rings. The molecule has 0 aliphatic carbocycles. The van der Waals surface area contributed by atoms with Gasteiger partial charge in [-0.1, -0.05) is 12.1 Å². The van der Waals surface area contributed by atoms with Crippen LogP contribution in [0.4, 0.5) is 5.69 Å². The molecule has 2 aromatic heterocycles. The van der Waals surface area contributed by atoms with Gasteiger partial charge in [0.15, 0.2) is 5.82 Å². The molecule has 3 rings (SSSR count). The topological polar surface area (TPSA) is 66.5 Å². The van der Waals surface area contributed by atoms with E-state index in [0.717, 1.165) is 28.5 Å². The van der Waals surface area contributed by atoms with E-state index in [1.807, 2.05) is 54.9 Å². The van der Waals surface area contributed by atoms with E-state index in [0.29, 0.717) is 12.1 Å². The maximum atomic E-state index is 8.97. The third kappa shape index (κ3) is 3.06. The zero-order chi connectivity index (χ0) is 16.2. The van der Waals surface area contributed by atoms with Gasteiger partial charge in [0.05, 0.1) is 17.3 Å². The Bertz CT molecular complexity index is 859. The number of pyridine rings is 1. The van der Waals surface area contributed by atoms with Crippen molar-refractivity contribution >= 4 is 5.69 Å². The van der Waals surface area contributed by atoms with Crippen LogP contribution in [-0.4, -0.2) is 14.8 Å². The van der Waals surface area contributed by atoms with E-state index in [4.69, 9.17) is 5.26 Å². The predicted octanol–water partition coefficient (Wildman–Crippen LogP) is 3.37. The van der Waals surface area contributed by atoms with Crippen LogP contribution >= 0.6 is 0 Å². The number of rotatable bonds is 4. The Morgan fingerprint density at radius 2 is 2.04 bits per heavy atom. The Morgan fingerprint density at radius 3 is 2.78 bits per heavy atom. The summed E-state index contributed by atoms with van der Waals surface area (Å²) in [6.07, 6.45) is 1.76. The summed E-state index contributed by atoms with van der Waals surface area (Å²) in [5.41, 5.74) is 4.74. The van der Waals surface area contributed by atoms with E-state index in [1.54, 1.807) is 12.3 Å². The van der Waals surface area contributed by atoms with Crippen molar-refractivity contribution in [2.75, 3.05) is 5.32 Å². The summed E-state index contributed by atoms with van der Waals surface area (Å²) in [6.45, 7) is 4.69. The third-order valence-corrected chi connectivity index (χ3v) is 3.77. The van der Waals surface area contributed by atoms with Crippen molar-refractivity contribution in [3.63, 3.8) is 0 Å². The molecule has 2 heterocycles. The van der Waals surface area contributed by atoms with Gasteiger partial charge in [0, 0.05) is 29.7 Å². The molecule has 0 bridgehead atoms. The highest BCUT2D eigenvalue weighted by molar-refractivity contribution is 5.50. The Morgan fingerprint density at radius 1 is 1.17 bits per heavy atom. The molecule has 0 saturated carbocycles. The standard InChI is InChI=1S/C18H17N5/c1-13-17(12-21-16-7-5-6-15(10-16)11-19)14(2)23(22-13)18-8-3-4-9-20-18/h3-10,21H,12H2,1-2H3. The molecule has 0 amide bonds. The molecule has 5 nitrogen and oxygen atoms in total. The minimum Gasteiger partial charge on any atom is -0.381 e. The lowest BCUT2D eigenvalue weighted by Crippen LogP contribution is -2.04. The minimum absolute atomic E-state index is 0.646. The fourth-order valence-electron chi connectivity index (χ4n) is 2.52. The predicted molar refractivity (Wildman–Crippen MR) is 89.3 cm³/mol. The minimum atomic E-state index is 0.646. The van der Waals surface area contributed by atoms with Gasteiger partial charge in [0.2, 0.25) is 0 Å². The maximum absolute atomic E-state index is 8.97. The summed E-state index contributed by atoms with van der Waals surface area (Å²) in [5, 5.41) is 16.9. The average molecular weight is 303 g/mol. The highest BCUT2D eigenvalue weighted by Crippen LogP contribution is 2.19. The zero-order valence-corrected chi connectivity index (χ0v) is 13.1. The molecule has 0 saturated heterocycles. The van der Waals surface area contributed by atoms with Gasteiger partial charge in [0.1, 0.15) is 0 Å². The molecule has 0 unspecified atom stereocenters. The Hall–Kier alpha value is -3.13. The Labute approximate surface area is 135 Å². The summed E-state index contributed by atoms with van der Waals surface area (Å²) >= 11 is 0. The van der Waals surface area contributed by atoms with E-state index in [-0.39, 0.29) is 0 Å². The zero-order valence-electron chi connectivity index (χ0n) is 13.1. The number of nitriles is 1. The first kappa shape index (κ1) is 14.8. The monoisotopic (exact) mass is 303 g/mol. The van der Waals surface area contributed by atoms with Crippen LogP contribution in [0.25, 0.3) is 5.82 Å². The highest BCUT2D eigenvalue weighted by Gasteiger charge is 2.13. The summed E-state index contributed by atoms with van der Waals surface area (Å²) < 4.78 is 1.86. The van der Waals surface area contributed by atoms with Gasteiger partial charge in [0.25, 0.3) is 0 Å². The SMILES string of the molecule is Cc1nn(-c2ccccn2)c(C)c1CNc1cccc(C#N)c1. The van der Waals surface area contributed by atoms with Crippen molar-refractivity contribution in [3.8, 4) is 11.9 Å². The fraction of sp³-hybridized carbons (Fsp3) is 0.167. The first-order valence-electron chi connectivity index (χ1n) is 7.39. The molecule has 0 spiro atoms. The lowest BCUT2D eigenvalue weighted by atomic mass is 10.1. The van der Waals surface area contributed by atoms with Crippen LogP contribution in [0.1, 0.15) is 22.5 Å². The number of benzene rings is 1. The van der Waals surface area contributed by atoms with Crippen molar-refractivity contribution < 1.29 is 0 Å². The van der Waals surface area contributed by atoms with E-state index < -0.39 is 0 Å². The van der Waals surface area contributed by atoms with Crippen molar-refractivity contribution in [2.24, 2.45) is 0 Å². The number of nitrogens with zero attached hydrogens (tertiary/aromatic N) is 4. The largest absolute Gasteiger partial charge is 0.381 e. The second-order valence-electron chi connectivity index (χ2n) is 5.30. The van der Waals surface area contributed by atoms with Crippen molar-refractivity contribution in [1.29, 1.82) is 5.26 Å². The van der Waals surface area contributed by atoms with Gasteiger partial charge in [-0.25, -0.2) is 9.67 Å². The molecule has 0 aliphatic heterocycles. The highest BCUT2D eigenvalue weighted by atomic mass is 15.3. The molecule has 114 valence electrons. The van der Waals surface area contributed by atoms with Gasteiger partial charge in [-0.15, -0.1) is 0 Å². The Balaban J connectivity index is 1.84. The van der Waals surface area contributed by atoms with Crippen LogP contribution in [0.2, 0.25) is 0 Å². The van der Waals surface area contributed by atoms with Crippen LogP contribution in [0.15, 0.2) is 48.7 Å². The van der Waals surface area contributed by atoms with Gasteiger partial charge in [-0.3, -0.25) is 0 Å². The van der Waals surface area contributed by atoms with E-state index in [9.17, 15) is 0 Å². The number of aromatic nitrogens is 3. The normalized spacial score (nSPS) is 10.3. The van der Waals surface area contributed by atoms with E-state index in [2.05, 4.69) is 21.5 Å². The molecule has 5 heteroatoms. The third-order valence-electron chi connectivity index (χ3n) is 3.77. The fourth-order valence-corrected chi connectivity index (χ4v) is 2.52. The number of aryl methyl sites for hydroxylation is 1. The van der Waals surface area contributed by atoms with Crippen molar-refractivity contribution in [3.05, 3.63) is 71.2 Å². The number of anilines is 1. The van der Waals surface area contributed by atoms with Gasteiger partial charge < -0.3 is 5.32 Å². The average Bonchev–Trinajstić information content (AvgIpc) is 2.88. The van der Waals surface area contributed by atoms with E-state index in [1.165, 1.54) is 0 Å². The molecule has 0 fully saturated rings. The molecule has 0 atom stereocenters. The van der Waals surface area contributed by atoms with Crippen LogP contribution in [0, 0.1) is 25.2 Å². The van der Waals surface area contributed by atoms with Gasteiger partial charge >= 0.3 is 0 Å². The summed E-state index contributed by atoms with van der Waals surface area (Å²) in [5.74, 6) is 0.811. The first-order valence-corrected chi connectivity index (χ1v) is 7.39. The molecule has 23 heavy (non-hydrogen) atoms. The second kappa shape index (κ2) is 6.32. The number of hydrogen-bond donors (Lipinski definition) is 1. The van der Waals surface area contributed by atoms with Crippen LogP contribution in [-0.2, 0) is 6.54 Å². The molecule has 1 N–H and O–H groups in total. The lowest BCUT2D eigenvalue weighted by Gasteiger charge is -2.08. The smallest absolute Gasteiger partial charge is 0.153 e. The molecule has 1 aromatic carbocycles. The van der Waals surface area contributed by atoms with Crippen LogP contribution < -0.4 is 5.32 Å². The van der Waals surface area contributed by atoms with E-state index >= 15 is 0 Å². The molecule has 0 aliphatic rings. The maximum Gasteiger partial charge on any atom is 0.153 e. The molecule has 0 radical (unpaired) electrons. The summed E-state index contributed by atoms with van der Waals surface area (Å²) in [6, 6.07) is 15.4. The first-order chi connectivity index (χ1) is 11.2. The number of nitrogens with one attached hydrogen (secondary N) is 1. The molecular formula is C18H17N5.